The molecule has 21 heavy (non-hydrogen) atoms. The molecule has 1 N–H and O–H groups in total. The zero-order valence-corrected chi connectivity index (χ0v) is 14.1. The van der Waals surface area contributed by atoms with E-state index in [1.165, 1.54) is 62.9 Å². The molecule has 1 aromatic rings. The van der Waals surface area contributed by atoms with E-state index in [0.717, 1.165) is 5.92 Å². The average Bonchev–Trinajstić information content (AvgIpc) is 2.70. The molecular weight excluding hydrogens is 256 g/mol. The Morgan fingerprint density at radius 1 is 1.29 bits per heavy atom. The number of fused-ring (bicyclic) bond motifs is 1. The largest absolute Gasteiger partial charge is 0.371 e. The van der Waals surface area contributed by atoms with Gasteiger partial charge in [0.25, 0.3) is 0 Å². The summed E-state index contributed by atoms with van der Waals surface area (Å²) in [6, 6.07) is 9.51. The molecule has 0 bridgehead atoms. The van der Waals surface area contributed by atoms with Gasteiger partial charge in [-0.3, -0.25) is 0 Å². The monoisotopic (exact) mass is 288 g/mol. The van der Waals surface area contributed by atoms with Crippen molar-refractivity contribution in [3.8, 4) is 0 Å². The fraction of sp³-hybridized carbons (Fsp3) is 0.684. The van der Waals surface area contributed by atoms with Crippen molar-refractivity contribution in [2.75, 3.05) is 25.0 Å². The number of benzene rings is 1. The highest BCUT2D eigenvalue weighted by Gasteiger charge is 2.22. The van der Waals surface area contributed by atoms with Crippen molar-refractivity contribution < 1.29 is 0 Å². The molecule has 2 unspecified atom stereocenters. The van der Waals surface area contributed by atoms with Crippen LogP contribution in [0, 0.1) is 5.92 Å². The minimum Gasteiger partial charge on any atom is -0.371 e. The maximum absolute atomic E-state index is 3.50. The van der Waals surface area contributed by atoms with Crippen LogP contribution >= 0.6 is 0 Å². The fourth-order valence-electron chi connectivity index (χ4n) is 3.55. The van der Waals surface area contributed by atoms with Gasteiger partial charge in [-0.05, 0) is 43.9 Å². The van der Waals surface area contributed by atoms with Crippen molar-refractivity contribution in [3.05, 3.63) is 29.8 Å². The molecule has 1 heterocycles. The number of hydrogen-bond donors (Lipinski definition) is 1. The summed E-state index contributed by atoms with van der Waals surface area (Å²) in [5.74, 6) is 0.837. The molecule has 0 radical (unpaired) electrons. The van der Waals surface area contributed by atoms with Gasteiger partial charge in [-0.15, -0.1) is 0 Å². The first-order valence-corrected chi connectivity index (χ1v) is 8.81. The second-order valence-electron chi connectivity index (χ2n) is 6.40. The minimum atomic E-state index is 0.516. The summed E-state index contributed by atoms with van der Waals surface area (Å²) in [7, 11) is 2.09. The van der Waals surface area contributed by atoms with Gasteiger partial charge in [-0.25, -0.2) is 0 Å². The van der Waals surface area contributed by atoms with Crippen molar-refractivity contribution in [2.24, 2.45) is 5.92 Å². The molecule has 1 aliphatic rings. The maximum Gasteiger partial charge on any atom is 0.0414 e. The van der Waals surface area contributed by atoms with Crippen molar-refractivity contribution in [1.82, 2.24) is 5.32 Å². The first-order valence-electron chi connectivity index (χ1n) is 8.81. The molecule has 2 nitrogen and oxygen atoms in total. The van der Waals surface area contributed by atoms with E-state index in [1.54, 1.807) is 0 Å². The number of nitrogens with one attached hydrogen (secondary N) is 1. The highest BCUT2D eigenvalue weighted by Crippen LogP contribution is 2.33. The summed E-state index contributed by atoms with van der Waals surface area (Å²) < 4.78 is 0. The topological polar surface area (TPSA) is 15.3 Å². The molecule has 0 spiro atoms. The molecule has 0 saturated heterocycles. The number of nitrogens with zero attached hydrogens (tertiary/aromatic N) is 1. The Morgan fingerprint density at radius 2 is 2.10 bits per heavy atom. The van der Waals surface area contributed by atoms with Crippen LogP contribution in [0.1, 0.15) is 64.0 Å². The normalized spacial score (nSPS) is 20.0. The molecule has 2 atom stereocenters. The minimum absolute atomic E-state index is 0.516. The van der Waals surface area contributed by atoms with Gasteiger partial charge in [0, 0.05) is 24.8 Å². The van der Waals surface area contributed by atoms with E-state index in [2.05, 4.69) is 55.4 Å². The van der Waals surface area contributed by atoms with Crippen LogP contribution in [0.4, 0.5) is 5.69 Å². The lowest BCUT2D eigenvalue weighted by molar-refractivity contribution is 0.444. The molecule has 1 aliphatic heterocycles. The Kier molecular flexibility index (Phi) is 6.56. The summed E-state index contributed by atoms with van der Waals surface area (Å²) >= 11 is 0. The summed E-state index contributed by atoms with van der Waals surface area (Å²) in [6.07, 6.45) is 7.89. The second kappa shape index (κ2) is 8.43. The first-order chi connectivity index (χ1) is 10.3. The van der Waals surface area contributed by atoms with Gasteiger partial charge in [-0.1, -0.05) is 51.3 Å². The lowest BCUT2D eigenvalue weighted by Crippen LogP contribution is -2.30. The van der Waals surface area contributed by atoms with Gasteiger partial charge in [0.1, 0.15) is 0 Å². The number of anilines is 1. The predicted octanol–water partition coefficient (Wildman–Crippen LogP) is 4.76. The van der Waals surface area contributed by atoms with Gasteiger partial charge in [0.2, 0.25) is 0 Å². The van der Waals surface area contributed by atoms with Crippen molar-refractivity contribution in [3.63, 3.8) is 0 Å². The van der Waals surface area contributed by atoms with Crippen molar-refractivity contribution in [1.29, 1.82) is 0 Å². The lowest BCUT2D eigenvalue weighted by Gasteiger charge is -2.29. The number of para-hydroxylation sites is 1. The summed E-state index contributed by atoms with van der Waals surface area (Å²) in [5.41, 5.74) is 2.95. The van der Waals surface area contributed by atoms with Crippen LogP contribution in [0.5, 0.6) is 0 Å². The average molecular weight is 288 g/mol. The molecule has 2 rings (SSSR count). The Labute approximate surface area is 130 Å². The van der Waals surface area contributed by atoms with Crippen LogP contribution in [-0.2, 0) is 0 Å². The third-order valence-electron chi connectivity index (χ3n) is 4.94. The molecule has 0 fully saturated rings. The molecular formula is C19H32N2. The van der Waals surface area contributed by atoms with Crippen LogP contribution < -0.4 is 10.2 Å². The number of hydrogen-bond acceptors (Lipinski definition) is 2. The van der Waals surface area contributed by atoms with Gasteiger partial charge in [0.15, 0.2) is 0 Å². The van der Waals surface area contributed by atoms with Gasteiger partial charge < -0.3 is 10.2 Å². The number of unbranched alkanes of at least 4 members (excludes halogenated alkanes) is 1. The molecule has 118 valence electrons. The third kappa shape index (κ3) is 4.23. The Morgan fingerprint density at radius 3 is 2.81 bits per heavy atom. The Balaban J connectivity index is 2.15. The van der Waals surface area contributed by atoms with E-state index in [4.69, 9.17) is 0 Å². The lowest BCUT2D eigenvalue weighted by atomic mass is 9.98. The first kappa shape index (κ1) is 16.4. The van der Waals surface area contributed by atoms with E-state index < -0.39 is 0 Å². The maximum atomic E-state index is 3.50. The zero-order chi connectivity index (χ0) is 15.1. The quantitative estimate of drug-likeness (QED) is 0.778. The molecule has 0 amide bonds. The predicted molar refractivity (Wildman–Crippen MR) is 93.0 cm³/mol. The number of rotatable bonds is 7. The molecule has 1 aromatic carbocycles. The van der Waals surface area contributed by atoms with Gasteiger partial charge in [0.05, 0.1) is 0 Å². The summed E-state index contributed by atoms with van der Waals surface area (Å²) in [5, 5.41) is 3.50. The van der Waals surface area contributed by atoms with Crippen molar-refractivity contribution >= 4 is 5.69 Å². The molecule has 0 aromatic heterocycles. The molecule has 0 aliphatic carbocycles. The fourth-order valence-corrected chi connectivity index (χ4v) is 3.55. The van der Waals surface area contributed by atoms with Crippen LogP contribution in [0.3, 0.4) is 0 Å². The van der Waals surface area contributed by atoms with E-state index in [9.17, 15) is 0 Å². The van der Waals surface area contributed by atoms with Gasteiger partial charge in [-0.2, -0.15) is 0 Å². The van der Waals surface area contributed by atoms with Gasteiger partial charge >= 0.3 is 0 Å². The van der Waals surface area contributed by atoms with Crippen LogP contribution in [0.2, 0.25) is 0 Å². The highest BCUT2D eigenvalue weighted by atomic mass is 15.1. The Bertz CT molecular complexity index is 416. The van der Waals surface area contributed by atoms with Crippen molar-refractivity contribution in [2.45, 2.75) is 58.4 Å². The SMILES string of the molecule is CCCCC(CC)CN1CCCC(NC)c2ccccc21. The standard InChI is InChI=1S/C19H32N2/c1-4-6-10-16(5-2)15-21-14-9-12-18(20-3)17-11-7-8-13-19(17)21/h7-8,11,13,16,18,20H,4-6,9-10,12,14-15H2,1-3H3. The van der Waals surface area contributed by atoms with E-state index >= 15 is 0 Å². The van der Waals surface area contributed by atoms with Crippen LogP contribution in [0.15, 0.2) is 24.3 Å². The molecule has 2 heteroatoms. The van der Waals surface area contributed by atoms with Crippen LogP contribution in [-0.4, -0.2) is 20.1 Å². The summed E-state index contributed by atoms with van der Waals surface area (Å²) in [4.78, 5) is 2.65. The Hall–Kier alpha value is -1.02. The molecule has 0 saturated carbocycles. The third-order valence-corrected chi connectivity index (χ3v) is 4.94. The second-order valence-corrected chi connectivity index (χ2v) is 6.40. The van der Waals surface area contributed by atoms with Crippen LogP contribution in [0.25, 0.3) is 0 Å². The van der Waals surface area contributed by atoms with E-state index in [1.807, 2.05) is 0 Å². The van der Waals surface area contributed by atoms with E-state index in [0.29, 0.717) is 6.04 Å². The summed E-state index contributed by atoms with van der Waals surface area (Å²) in [6.45, 7) is 7.08. The van der Waals surface area contributed by atoms with E-state index in [-0.39, 0.29) is 0 Å². The highest BCUT2D eigenvalue weighted by molar-refractivity contribution is 5.55. The smallest absolute Gasteiger partial charge is 0.0414 e. The zero-order valence-electron chi connectivity index (χ0n) is 14.1.